The molecule has 0 aliphatic rings. The number of fused-ring (bicyclic) bond motifs is 1. The fourth-order valence-corrected chi connectivity index (χ4v) is 3.72. The Morgan fingerprint density at radius 1 is 1.15 bits per heavy atom. The number of imidazole rings is 1. The zero-order valence-corrected chi connectivity index (χ0v) is 15.7. The molecule has 2 amide bonds. The van der Waals surface area contributed by atoms with Gasteiger partial charge in [0.05, 0.1) is 10.2 Å². The highest BCUT2D eigenvalue weighted by Gasteiger charge is 2.07. The van der Waals surface area contributed by atoms with Gasteiger partial charge in [0.25, 0.3) is 0 Å². The summed E-state index contributed by atoms with van der Waals surface area (Å²) in [5.74, 6) is 0.980. The van der Waals surface area contributed by atoms with E-state index in [0.717, 1.165) is 28.1 Å². The lowest BCUT2D eigenvalue weighted by Crippen LogP contribution is -2.28. The number of nitrogens with zero attached hydrogens (tertiary/aromatic N) is 3. The van der Waals surface area contributed by atoms with Crippen LogP contribution in [-0.2, 0) is 13.1 Å². The van der Waals surface area contributed by atoms with E-state index in [2.05, 4.69) is 37.3 Å². The number of hydrogen-bond acceptors (Lipinski definition) is 4. The van der Waals surface area contributed by atoms with Gasteiger partial charge in [0.2, 0.25) is 0 Å². The van der Waals surface area contributed by atoms with Crippen molar-refractivity contribution in [1.82, 2.24) is 19.9 Å². The molecule has 6 nitrogen and oxygen atoms in total. The van der Waals surface area contributed by atoms with Crippen LogP contribution < -0.4 is 10.6 Å². The number of nitrogens with one attached hydrogen (secondary N) is 2. The van der Waals surface area contributed by atoms with Crippen LogP contribution in [0.4, 0.5) is 9.93 Å². The number of para-hydroxylation sites is 1. The number of carbonyl (C=O) groups excluding carboxylic acids is 1. The van der Waals surface area contributed by atoms with Crippen molar-refractivity contribution in [3.8, 4) is 0 Å². The van der Waals surface area contributed by atoms with Crippen LogP contribution in [0, 0.1) is 6.92 Å². The van der Waals surface area contributed by atoms with Crippen LogP contribution in [0.15, 0.2) is 60.9 Å². The number of urea groups is 1. The molecule has 0 bridgehead atoms. The molecule has 0 unspecified atom stereocenters. The van der Waals surface area contributed by atoms with Crippen LogP contribution in [0.2, 0.25) is 0 Å². The summed E-state index contributed by atoms with van der Waals surface area (Å²) in [5, 5.41) is 6.29. The summed E-state index contributed by atoms with van der Waals surface area (Å²) in [6.45, 7) is 3.20. The topological polar surface area (TPSA) is 71.8 Å². The van der Waals surface area contributed by atoms with Gasteiger partial charge >= 0.3 is 6.03 Å². The van der Waals surface area contributed by atoms with Crippen LogP contribution in [0.25, 0.3) is 10.2 Å². The first-order valence-corrected chi connectivity index (χ1v) is 9.45. The molecule has 0 atom stereocenters. The van der Waals surface area contributed by atoms with Crippen molar-refractivity contribution in [2.45, 2.75) is 20.0 Å². The molecule has 2 aromatic heterocycles. The molecule has 0 radical (unpaired) electrons. The molecule has 0 aliphatic carbocycles. The highest BCUT2D eigenvalue weighted by atomic mass is 32.1. The Morgan fingerprint density at radius 2 is 2.00 bits per heavy atom. The number of carbonyl (C=O) groups is 1. The molecule has 4 rings (SSSR count). The molecule has 136 valence electrons. The molecular formula is C20H19N5OS. The van der Waals surface area contributed by atoms with Gasteiger partial charge in [-0.05, 0) is 30.2 Å². The standard InChI is InChI=1S/C20H19N5OS/c1-14-21-9-10-25(14)13-16-6-4-5-15(11-16)12-22-19(26)24-20-23-17-7-2-3-8-18(17)27-20/h2-11H,12-13H2,1H3,(H2,22,23,24,26). The van der Waals surface area contributed by atoms with E-state index in [0.29, 0.717) is 11.7 Å². The van der Waals surface area contributed by atoms with Crippen molar-refractivity contribution >= 4 is 32.7 Å². The Balaban J connectivity index is 1.36. The molecule has 7 heteroatoms. The van der Waals surface area contributed by atoms with Gasteiger partial charge in [-0.25, -0.2) is 14.8 Å². The summed E-state index contributed by atoms with van der Waals surface area (Å²) in [6.07, 6.45) is 3.76. The number of anilines is 1. The van der Waals surface area contributed by atoms with Crippen LogP contribution in [0.5, 0.6) is 0 Å². The fraction of sp³-hybridized carbons (Fsp3) is 0.150. The van der Waals surface area contributed by atoms with E-state index in [9.17, 15) is 4.79 Å². The molecular weight excluding hydrogens is 358 g/mol. The van der Waals surface area contributed by atoms with E-state index in [4.69, 9.17) is 0 Å². The van der Waals surface area contributed by atoms with E-state index in [1.165, 1.54) is 16.9 Å². The maximum atomic E-state index is 12.2. The van der Waals surface area contributed by atoms with Gasteiger partial charge in [0.15, 0.2) is 5.13 Å². The second-order valence-corrected chi connectivity index (χ2v) is 7.25. The second-order valence-electron chi connectivity index (χ2n) is 6.22. The molecule has 0 spiro atoms. The maximum absolute atomic E-state index is 12.2. The summed E-state index contributed by atoms with van der Waals surface area (Å²) in [6, 6.07) is 15.7. The number of aromatic nitrogens is 3. The quantitative estimate of drug-likeness (QED) is 0.548. The minimum atomic E-state index is -0.259. The third-order valence-corrected chi connectivity index (χ3v) is 5.19. The number of benzene rings is 2. The Morgan fingerprint density at radius 3 is 2.81 bits per heavy atom. The van der Waals surface area contributed by atoms with E-state index >= 15 is 0 Å². The van der Waals surface area contributed by atoms with Gasteiger partial charge in [0.1, 0.15) is 5.82 Å². The molecule has 2 N–H and O–H groups in total. The van der Waals surface area contributed by atoms with Gasteiger partial charge in [-0.1, -0.05) is 47.7 Å². The number of amides is 2. The molecule has 0 saturated heterocycles. The van der Waals surface area contributed by atoms with Crippen molar-refractivity contribution in [2.24, 2.45) is 0 Å². The van der Waals surface area contributed by atoms with Gasteiger partial charge in [-0.15, -0.1) is 0 Å². The van der Waals surface area contributed by atoms with Crippen LogP contribution in [-0.4, -0.2) is 20.6 Å². The average molecular weight is 377 g/mol. The van der Waals surface area contributed by atoms with Crippen LogP contribution in [0.3, 0.4) is 0 Å². The van der Waals surface area contributed by atoms with Crippen molar-refractivity contribution in [2.75, 3.05) is 5.32 Å². The van der Waals surface area contributed by atoms with Crippen LogP contribution in [0.1, 0.15) is 17.0 Å². The lowest BCUT2D eigenvalue weighted by Gasteiger charge is -2.09. The number of rotatable bonds is 5. The van der Waals surface area contributed by atoms with Crippen molar-refractivity contribution in [1.29, 1.82) is 0 Å². The minimum Gasteiger partial charge on any atom is -0.334 e. The van der Waals surface area contributed by atoms with Gasteiger partial charge in [-0.3, -0.25) is 5.32 Å². The highest BCUT2D eigenvalue weighted by Crippen LogP contribution is 2.25. The first-order valence-electron chi connectivity index (χ1n) is 8.63. The predicted octanol–water partition coefficient (Wildman–Crippen LogP) is 4.17. The van der Waals surface area contributed by atoms with E-state index in [-0.39, 0.29) is 6.03 Å². The first kappa shape index (κ1) is 17.2. The number of thiazole rings is 1. The van der Waals surface area contributed by atoms with Crippen molar-refractivity contribution in [3.63, 3.8) is 0 Å². The highest BCUT2D eigenvalue weighted by molar-refractivity contribution is 7.22. The smallest absolute Gasteiger partial charge is 0.321 e. The molecule has 4 aromatic rings. The van der Waals surface area contributed by atoms with E-state index in [1.807, 2.05) is 49.5 Å². The Bertz CT molecular complexity index is 1050. The molecule has 2 aromatic carbocycles. The lowest BCUT2D eigenvalue weighted by atomic mass is 10.1. The molecule has 0 fully saturated rings. The maximum Gasteiger partial charge on any atom is 0.321 e. The molecule has 0 aliphatic heterocycles. The van der Waals surface area contributed by atoms with Crippen molar-refractivity contribution < 1.29 is 4.79 Å². The monoisotopic (exact) mass is 377 g/mol. The third kappa shape index (κ3) is 4.15. The largest absolute Gasteiger partial charge is 0.334 e. The van der Waals surface area contributed by atoms with Gasteiger partial charge in [0, 0.05) is 25.5 Å². The molecule has 27 heavy (non-hydrogen) atoms. The zero-order chi connectivity index (χ0) is 18.6. The van der Waals surface area contributed by atoms with Crippen molar-refractivity contribution in [3.05, 3.63) is 77.9 Å². The lowest BCUT2D eigenvalue weighted by molar-refractivity contribution is 0.251. The minimum absolute atomic E-state index is 0.259. The van der Waals surface area contributed by atoms with E-state index < -0.39 is 0 Å². The van der Waals surface area contributed by atoms with E-state index in [1.54, 1.807) is 6.20 Å². The average Bonchev–Trinajstić information content (AvgIpc) is 3.26. The summed E-state index contributed by atoms with van der Waals surface area (Å²) >= 11 is 1.46. The second kappa shape index (κ2) is 7.59. The molecule has 2 heterocycles. The predicted molar refractivity (Wildman–Crippen MR) is 108 cm³/mol. The summed E-state index contributed by atoms with van der Waals surface area (Å²) in [4.78, 5) is 20.8. The number of aryl methyl sites for hydroxylation is 1. The third-order valence-electron chi connectivity index (χ3n) is 4.24. The Labute approximate surface area is 160 Å². The molecule has 0 saturated carbocycles. The van der Waals surface area contributed by atoms with Gasteiger partial charge < -0.3 is 9.88 Å². The summed E-state index contributed by atoms with van der Waals surface area (Å²) in [5.41, 5.74) is 3.10. The first-order chi connectivity index (χ1) is 13.2. The Hall–Kier alpha value is -3.19. The SMILES string of the molecule is Cc1nccn1Cc1cccc(CNC(=O)Nc2nc3ccccc3s2)c1. The Kier molecular flexibility index (Phi) is 4.84. The fourth-order valence-electron chi connectivity index (χ4n) is 2.85. The normalized spacial score (nSPS) is 10.9. The summed E-state index contributed by atoms with van der Waals surface area (Å²) in [7, 11) is 0. The summed E-state index contributed by atoms with van der Waals surface area (Å²) < 4.78 is 3.14. The van der Waals surface area contributed by atoms with Gasteiger partial charge in [-0.2, -0.15) is 0 Å². The number of hydrogen-bond donors (Lipinski definition) is 2. The van der Waals surface area contributed by atoms with Crippen LogP contribution >= 0.6 is 11.3 Å². The zero-order valence-electron chi connectivity index (χ0n) is 14.8.